The number of nitrogen functional groups attached to an aromatic ring is 1. The van der Waals surface area contributed by atoms with Crippen LogP contribution in [0.2, 0.25) is 0 Å². The lowest BCUT2D eigenvalue weighted by Gasteiger charge is -2.34. The molecule has 112 valence electrons. The summed E-state index contributed by atoms with van der Waals surface area (Å²) < 4.78 is 1.05. The summed E-state index contributed by atoms with van der Waals surface area (Å²) in [5, 5.41) is 10.3. The molecule has 5 heteroatoms. The lowest BCUT2D eigenvalue weighted by molar-refractivity contribution is 0.0267. The van der Waals surface area contributed by atoms with Gasteiger partial charge in [-0.3, -0.25) is 4.79 Å². The zero-order chi connectivity index (χ0) is 15.1. The van der Waals surface area contributed by atoms with Gasteiger partial charge in [0.25, 0.3) is 5.91 Å². The van der Waals surface area contributed by atoms with Crippen molar-refractivity contribution in [3.8, 4) is 0 Å². The lowest BCUT2D eigenvalue weighted by Crippen LogP contribution is -2.39. The largest absolute Gasteiger partial charge is 0.397 e. The van der Waals surface area contributed by atoms with E-state index in [2.05, 4.69) is 0 Å². The number of carbonyl (C=O) groups is 1. The summed E-state index contributed by atoms with van der Waals surface area (Å²) in [4.78, 5) is 14.9. The molecule has 3 rings (SSSR count). The van der Waals surface area contributed by atoms with E-state index in [4.69, 9.17) is 5.73 Å². The Hall–Kier alpha value is -1.59. The summed E-state index contributed by atoms with van der Waals surface area (Å²) in [5.41, 5.74) is 7.90. The summed E-state index contributed by atoms with van der Waals surface area (Å²) in [5.74, 6) is 0.388. The van der Waals surface area contributed by atoms with Gasteiger partial charge in [0.05, 0.1) is 11.8 Å². The van der Waals surface area contributed by atoms with E-state index in [1.807, 2.05) is 32.2 Å². The van der Waals surface area contributed by atoms with Crippen molar-refractivity contribution in [3.63, 3.8) is 0 Å². The highest BCUT2D eigenvalue weighted by Crippen LogP contribution is 2.35. The summed E-state index contributed by atoms with van der Waals surface area (Å²) in [7, 11) is 1.81. The van der Waals surface area contributed by atoms with Crippen LogP contribution in [0.3, 0.4) is 0 Å². The molecular formula is C16H20N2O2S. The van der Waals surface area contributed by atoms with Crippen LogP contribution >= 0.6 is 11.3 Å². The van der Waals surface area contributed by atoms with Gasteiger partial charge in [0.15, 0.2) is 0 Å². The van der Waals surface area contributed by atoms with Crippen LogP contribution in [0.15, 0.2) is 18.2 Å². The first kappa shape index (κ1) is 14.4. The van der Waals surface area contributed by atoms with Crippen LogP contribution in [-0.2, 0) is 0 Å². The molecule has 1 heterocycles. The minimum Gasteiger partial charge on any atom is -0.397 e. The fraction of sp³-hybridized carbons (Fsp3) is 0.438. The fourth-order valence-electron chi connectivity index (χ4n) is 2.88. The molecule has 1 aromatic heterocycles. The van der Waals surface area contributed by atoms with Gasteiger partial charge in [-0.25, -0.2) is 0 Å². The van der Waals surface area contributed by atoms with Gasteiger partial charge in [0.2, 0.25) is 0 Å². The maximum Gasteiger partial charge on any atom is 0.265 e. The third-order valence-electron chi connectivity index (χ3n) is 4.17. The Labute approximate surface area is 128 Å². The van der Waals surface area contributed by atoms with E-state index >= 15 is 0 Å². The second-order valence-electron chi connectivity index (χ2n) is 6.02. The van der Waals surface area contributed by atoms with Crippen LogP contribution in [-0.4, -0.2) is 35.6 Å². The summed E-state index contributed by atoms with van der Waals surface area (Å²) >= 11 is 1.46. The number of aliphatic hydroxyl groups excluding tert-OH is 1. The van der Waals surface area contributed by atoms with E-state index in [1.165, 1.54) is 11.3 Å². The molecule has 0 radical (unpaired) electrons. The molecule has 0 spiro atoms. The Balaban J connectivity index is 1.82. The highest BCUT2D eigenvalue weighted by Gasteiger charge is 2.30. The smallest absolute Gasteiger partial charge is 0.265 e. The molecule has 1 fully saturated rings. The van der Waals surface area contributed by atoms with E-state index in [1.54, 1.807) is 4.90 Å². The van der Waals surface area contributed by atoms with Crippen molar-refractivity contribution >= 4 is 33.0 Å². The van der Waals surface area contributed by atoms with Crippen LogP contribution in [0.25, 0.3) is 10.1 Å². The van der Waals surface area contributed by atoms with Crippen molar-refractivity contribution in [2.24, 2.45) is 5.92 Å². The number of anilines is 1. The molecule has 3 N–H and O–H groups in total. The topological polar surface area (TPSA) is 66.6 Å². The zero-order valence-electron chi connectivity index (χ0n) is 12.3. The summed E-state index contributed by atoms with van der Waals surface area (Å²) in [6.45, 7) is 2.70. The number of nitrogens with two attached hydrogens (primary N) is 1. The number of hydrogen-bond acceptors (Lipinski definition) is 4. The first-order valence-corrected chi connectivity index (χ1v) is 7.99. The van der Waals surface area contributed by atoms with Gasteiger partial charge in [-0.05, 0) is 37.8 Å². The predicted molar refractivity (Wildman–Crippen MR) is 86.7 cm³/mol. The van der Waals surface area contributed by atoms with Crippen molar-refractivity contribution in [2.45, 2.75) is 25.9 Å². The van der Waals surface area contributed by atoms with Crippen molar-refractivity contribution < 1.29 is 9.90 Å². The Morgan fingerprint density at radius 3 is 2.86 bits per heavy atom. The van der Waals surface area contributed by atoms with Crippen LogP contribution in [0, 0.1) is 12.8 Å². The molecule has 1 aromatic carbocycles. The summed E-state index contributed by atoms with van der Waals surface area (Å²) in [6, 6.07) is 6.08. The van der Waals surface area contributed by atoms with Gasteiger partial charge in [0, 0.05) is 23.7 Å². The number of thiophene rings is 1. The predicted octanol–water partition coefficient (Wildman–Crippen LogP) is 2.63. The normalized spacial score (nSPS) is 21.3. The van der Waals surface area contributed by atoms with E-state index in [9.17, 15) is 9.90 Å². The maximum atomic E-state index is 12.6. The van der Waals surface area contributed by atoms with Gasteiger partial charge >= 0.3 is 0 Å². The molecule has 1 aliphatic carbocycles. The highest BCUT2D eigenvalue weighted by atomic mass is 32.1. The van der Waals surface area contributed by atoms with Gasteiger partial charge in [-0.1, -0.05) is 11.6 Å². The van der Waals surface area contributed by atoms with Crippen molar-refractivity contribution in [1.82, 2.24) is 4.90 Å². The second-order valence-corrected chi connectivity index (χ2v) is 7.07. The molecule has 0 unspecified atom stereocenters. The Kier molecular flexibility index (Phi) is 3.63. The Bertz CT molecular complexity index is 689. The molecule has 1 amide bonds. The van der Waals surface area contributed by atoms with Gasteiger partial charge in [-0.15, -0.1) is 11.3 Å². The monoisotopic (exact) mass is 304 g/mol. The number of amides is 1. The third-order valence-corrected chi connectivity index (χ3v) is 5.34. The molecule has 0 atom stereocenters. The molecule has 1 saturated carbocycles. The first-order chi connectivity index (χ1) is 9.95. The fourth-order valence-corrected chi connectivity index (χ4v) is 3.98. The third kappa shape index (κ3) is 2.63. The minimum atomic E-state index is -0.184. The number of nitrogens with zero attached hydrogens (tertiary/aromatic N) is 1. The van der Waals surface area contributed by atoms with Crippen LogP contribution < -0.4 is 5.73 Å². The van der Waals surface area contributed by atoms with E-state index < -0.39 is 0 Å². The first-order valence-electron chi connectivity index (χ1n) is 7.18. The quantitative estimate of drug-likeness (QED) is 0.916. The molecule has 4 nitrogen and oxygen atoms in total. The van der Waals surface area contributed by atoms with Crippen molar-refractivity contribution in [1.29, 1.82) is 0 Å². The van der Waals surface area contributed by atoms with Crippen LogP contribution in [0.4, 0.5) is 5.69 Å². The molecule has 0 bridgehead atoms. The average Bonchev–Trinajstić information content (AvgIpc) is 2.73. The zero-order valence-corrected chi connectivity index (χ0v) is 13.1. The number of aryl methyl sites for hydroxylation is 1. The van der Waals surface area contributed by atoms with E-state index in [0.717, 1.165) is 28.5 Å². The highest BCUT2D eigenvalue weighted by molar-refractivity contribution is 7.21. The number of fused-ring (bicyclic) bond motifs is 1. The van der Waals surface area contributed by atoms with Gasteiger partial charge < -0.3 is 15.7 Å². The number of hydrogen-bond donors (Lipinski definition) is 2. The molecular weight excluding hydrogens is 284 g/mol. The lowest BCUT2D eigenvalue weighted by atomic mass is 9.82. The standard InChI is InChI=1S/C16H20N2O2S/c1-9-3-4-13-12(5-9)14(17)15(21-13)16(20)18(2)8-10-6-11(19)7-10/h3-5,10-11,19H,6-8,17H2,1-2H3. The minimum absolute atomic E-state index is 0.0206. The summed E-state index contributed by atoms with van der Waals surface area (Å²) in [6.07, 6.45) is 1.40. The SMILES string of the molecule is Cc1ccc2sc(C(=O)N(C)CC3CC(O)C3)c(N)c2c1. The van der Waals surface area contributed by atoms with Crippen LogP contribution in [0.1, 0.15) is 28.1 Å². The van der Waals surface area contributed by atoms with Crippen molar-refractivity contribution in [3.05, 3.63) is 28.6 Å². The second kappa shape index (κ2) is 5.31. The van der Waals surface area contributed by atoms with E-state index in [-0.39, 0.29) is 12.0 Å². The van der Waals surface area contributed by atoms with E-state index in [0.29, 0.717) is 23.0 Å². The molecule has 2 aromatic rings. The Morgan fingerprint density at radius 1 is 1.48 bits per heavy atom. The number of benzene rings is 1. The number of rotatable bonds is 3. The van der Waals surface area contributed by atoms with Crippen LogP contribution in [0.5, 0.6) is 0 Å². The molecule has 0 saturated heterocycles. The molecule has 21 heavy (non-hydrogen) atoms. The maximum absolute atomic E-state index is 12.6. The van der Waals surface area contributed by atoms with Gasteiger partial charge in [0.1, 0.15) is 4.88 Å². The van der Waals surface area contributed by atoms with Crippen molar-refractivity contribution in [2.75, 3.05) is 19.3 Å². The number of aliphatic hydroxyl groups is 1. The Morgan fingerprint density at radius 2 is 2.19 bits per heavy atom. The average molecular weight is 304 g/mol. The molecule has 1 aliphatic rings. The number of carbonyl (C=O) groups excluding carboxylic acids is 1. The molecule has 0 aliphatic heterocycles. The van der Waals surface area contributed by atoms with Gasteiger partial charge in [-0.2, -0.15) is 0 Å².